The van der Waals surface area contributed by atoms with Crippen LogP contribution in [0.25, 0.3) is 17.0 Å². The number of hydrogen-bond acceptors (Lipinski definition) is 7. The second-order valence-electron chi connectivity index (χ2n) is 6.48. The Morgan fingerprint density at radius 2 is 1.93 bits per heavy atom. The van der Waals surface area contributed by atoms with E-state index in [0.29, 0.717) is 27.5 Å². The number of carbonyl (C=O) groups excluding carboxylic acids is 1. The van der Waals surface area contributed by atoms with Crippen LogP contribution in [0.3, 0.4) is 0 Å². The van der Waals surface area contributed by atoms with Crippen molar-refractivity contribution >= 4 is 28.6 Å². The molecule has 30 heavy (non-hydrogen) atoms. The first-order chi connectivity index (χ1) is 14.5. The number of fused-ring (bicyclic) bond motifs is 1. The minimum Gasteiger partial charge on any atom is -0.479 e. The SMILES string of the molecule is CCOC(=O)c1cnn(-c2nc(OC)c3c(cnn3[C@H](C)c3ccc(Cl)cc3)n2)c1. The molecule has 1 atom stereocenters. The summed E-state index contributed by atoms with van der Waals surface area (Å²) >= 11 is 6.00. The smallest absolute Gasteiger partial charge is 0.341 e. The molecule has 0 amide bonds. The molecule has 1 aromatic carbocycles. The quantitative estimate of drug-likeness (QED) is 0.435. The summed E-state index contributed by atoms with van der Waals surface area (Å²) in [4.78, 5) is 20.9. The molecule has 10 heteroatoms. The maximum atomic E-state index is 11.9. The van der Waals surface area contributed by atoms with Gasteiger partial charge < -0.3 is 9.47 Å². The maximum absolute atomic E-state index is 11.9. The Kier molecular flexibility index (Phi) is 5.37. The van der Waals surface area contributed by atoms with Crippen molar-refractivity contribution in [3.63, 3.8) is 0 Å². The molecule has 0 fully saturated rings. The number of halogens is 1. The maximum Gasteiger partial charge on any atom is 0.341 e. The van der Waals surface area contributed by atoms with E-state index in [0.717, 1.165) is 5.56 Å². The van der Waals surface area contributed by atoms with Crippen molar-refractivity contribution in [2.75, 3.05) is 13.7 Å². The second-order valence-corrected chi connectivity index (χ2v) is 6.91. The highest BCUT2D eigenvalue weighted by Gasteiger charge is 2.20. The zero-order valence-electron chi connectivity index (χ0n) is 16.6. The zero-order valence-corrected chi connectivity index (χ0v) is 17.4. The van der Waals surface area contributed by atoms with E-state index in [4.69, 9.17) is 21.1 Å². The second kappa shape index (κ2) is 8.11. The minimum absolute atomic E-state index is 0.0942. The molecule has 0 saturated heterocycles. The summed E-state index contributed by atoms with van der Waals surface area (Å²) in [5, 5.41) is 9.33. The van der Waals surface area contributed by atoms with Gasteiger partial charge in [-0.15, -0.1) is 0 Å². The third kappa shape index (κ3) is 3.59. The molecule has 0 radical (unpaired) electrons. The van der Waals surface area contributed by atoms with Crippen molar-refractivity contribution in [3.05, 3.63) is 59.0 Å². The largest absolute Gasteiger partial charge is 0.479 e. The summed E-state index contributed by atoms with van der Waals surface area (Å²) in [5.41, 5.74) is 2.58. The molecule has 0 aliphatic carbocycles. The Morgan fingerprint density at radius 3 is 2.63 bits per heavy atom. The molecule has 3 aromatic heterocycles. The van der Waals surface area contributed by atoms with Crippen LogP contribution in [0.15, 0.2) is 42.9 Å². The summed E-state index contributed by atoms with van der Waals surface area (Å²) < 4.78 is 13.7. The number of nitrogens with zero attached hydrogens (tertiary/aromatic N) is 6. The van der Waals surface area contributed by atoms with E-state index in [1.54, 1.807) is 17.8 Å². The fourth-order valence-electron chi connectivity index (χ4n) is 3.09. The van der Waals surface area contributed by atoms with Gasteiger partial charge in [0, 0.05) is 11.2 Å². The van der Waals surface area contributed by atoms with Crippen LogP contribution in [-0.2, 0) is 4.74 Å². The van der Waals surface area contributed by atoms with Crippen molar-refractivity contribution in [2.24, 2.45) is 0 Å². The Bertz CT molecular complexity index is 1200. The molecule has 0 bridgehead atoms. The number of hydrogen-bond donors (Lipinski definition) is 0. The van der Waals surface area contributed by atoms with Gasteiger partial charge in [-0.05, 0) is 31.5 Å². The standard InChI is InChI=1S/C20H19ClN6O3/c1-4-30-19(28)14-9-22-26(11-14)20-24-16-10-23-27(17(16)18(25-20)29-3)12(2)13-5-7-15(21)8-6-13/h5-12H,4H2,1-3H3/t12-/m1/s1. The molecule has 0 aliphatic heterocycles. The third-order valence-electron chi connectivity index (χ3n) is 4.61. The molecular weight excluding hydrogens is 408 g/mol. The van der Waals surface area contributed by atoms with Crippen LogP contribution in [0.4, 0.5) is 0 Å². The Labute approximate surface area is 177 Å². The van der Waals surface area contributed by atoms with E-state index in [9.17, 15) is 4.79 Å². The van der Waals surface area contributed by atoms with Gasteiger partial charge in [-0.2, -0.15) is 15.2 Å². The van der Waals surface area contributed by atoms with Gasteiger partial charge in [-0.25, -0.2) is 14.5 Å². The lowest BCUT2D eigenvalue weighted by atomic mass is 10.1. The van der Waals surface area contributed by atoms with Gasteiger partial charge in [0.1, 0.15) is 11.0 Å². The van der Waals surface area contributed by atoms with E-state index in [1.807, 2.05) is 31.2 Å². The zero-order chi connectivity index (χ0) is 21.3. The predicted molar refractivity (Wildman–Crippen MR) is 110 cm³/mol. The monoisotopic (exact) mass is 426 g/mol. The first kappa shape index (κ1) is 19.8. The van der Waals surface area contributed by atoms with E-state index < -0.39 is 5.97 Å². The number of benzene rings is 1. The molecule has 0 saturated carbocycles. The van der Waals surface area contributed by atoms with Gasteiger partial charge in [-0.3, -0.25) is 4.68 Å². The van der Waals surface area contributed by atoms with E-state index in [-0.39, 0.29) is 18.6 Å². The lowest BCUT2D eigenvalue weighted by molar-refractivity contribution is 0.0526. The topological polar surface area (TPSA) is 97.0 Å². The predicted octanol–water partition coefficient (Wildman–Crippen LogP) is 3.46. The molecule has 3 heterocycles. The van der Waals surface area contributed by atoms with Crippen LogP contribution >= 0.6 is 11.6 Å². The third-order valence-corrected chi connectivity index (χ3v) is 4.86. The molecule has 9 nitrogen and oxygen atoms in total. The van der Waals surface area contributed by atoms with Crippen molar-refractivity contribution in [2.45, 2.75) is 19.9 Å². The van der Waals surface area contributed by atoms with Crippen LogP contribution in [0.5, 0.6) is 5.88 Å². The van der Waals surface area contributed by atoms with Crippen LogP contribution in [0.2, 0.25) is 5.02 Å². The van der Waals surface area contributed by atoms with Crippen LogP contribution < -0.4 is 4.74 Å². The molecule has 0 N–H and O–H groups in total. The number of carbonyl (C=O) groups is 1. The molecule has 4 rings (SSSR count). The summed E-state index contributed by atoms with van der Waals surface area (Å²) in [7, 11) is 1.53. The highest BCUT2D eigenvalue weighted by molar-refractivity contribution is 6.30. The number of ether oxygens (including phenoxy) is 2. The molecule has 0 aliphatic rings. The molecular formula is C20H19ClN6O3. The first-order valence-corrected chi connectivity index (χ1v) is 9.66. The Morgan fingerprint density at radius 1 is 1.17 bits per heavy atom. The van der Waals surface area contributed by atoms with Crippen LogP contribution in [0, 0.1) is 0 Å². The van der Waals surface area contributed by atoms with Gasteiger partial charge in [-0.1, -0.05) is 23.7 Å². The normalized spacial score (nSPS) is 12.1. The fourth-order valence-corrected chi connectivity index (χ4v) is 3.22. The Hall–Kier alpha value is -3.46. The number of aromatic nitrogens is 6. The molecule has 0 unspecified atom stereocenters. The first-order valence-electron chi connectivity index (χ1n) is 9.28. The molecule has 4 aromatic rings. The van der Waals surface area contributed by atoms with Crippen molar-refractivity contribution in [3.8, 4) is 11.8 Å². The summed E-state index contributed by atoms with van der Waals surface area (Å²) in [6.45, 7) is 4.04. The van der Waals surface area contributed by atoms with E-state index in [2.05, 4.69) is 20.2 Å². The summed E-state index contributed by atoms with van der Waals surface area (Å²) in [6.07, 6.45) is 4.56. The average Bonchev–Trinajstić information content (AvgIpc) is 3.41. The van der Waals surface area contributed by atoms with Crippen molar-refractivity contribution in [1.29, 1.82) is 0 Å². The van der Waals surface area contributed by atoms with Gasteiger partial charge in [0.05, 0.1) is 37.7 Å². The Balaban J connectivity index is 1.74. The summed E-state index contributed by atoms with van der Waals surface area (Å²) in [5.74, 6) is 0.150. The number of rotatable bonds is 6. The minimum atomic E-state index is -0.457. The fraction of sp³-hybridized carbons (Fsp3) is 0.250. The van der Waals surface area contributed by atoms with Gasteiger partial charge in [0.25, 0.3) is 5.95 Å². The number of esters is 1. The highest BCUT2D eigenvalue weighted by Crippen LogP contribution is 2.29. The molecule has 0 spiro atoms. The van der Waals surface area contributed by atoms with Gasteiger partial charge in [0.2, 0.25) is 5.88 Å². The molecule has 154 valence electrons. The summed E-state index contributed by atoms with van der Waals surface area (Å²) in [6, 6.07) is 7.47. The van der Waals surface area contributed by atoms with Crippen molar-refractivity contribution in [1.82, 2.24) is 29.5 Å². The van der Waals surface area contributed by atoms with Crippen LogP contribution in [-0.4, -0.2) is 49.2 Å². The lowest BCUT2D eigenvalue weighted by Crippen LogP contribution is -2.10. The highest BCUT2D eigenvalue weighted by atomic mass is 35.5. The van der Waals surface area contributed by atoms with E-state index >= 15 is 0 Å². The van der Waals surface area contributed by atoms with E-state index in [1.165, 1.54) is 24.2 Å². The van der Waals surface area contributed by atoms with Crippen LogP contribution in [0.1, 0.15) is 35.8 Å². The van der Waals surface area contributed by atoms with Gasteiger partial charge >= 0.3 is 5.97 Å². The van der Waals surface area contributed by atoms with Crippen molar-refractivity contribution < 1.29 is 14.3 Å². The average molecular weight is 427 g/mol. The van der Waals surface area contributed by atoms with Gasteiger partial charge in [0.15, 0.2) is 0 Å². The lowest BCUT2D eigenvalue weighted by Gasteiger charge is -2.15. The number of methoxy groups -OCH3 is 1.